The van der Waals surface area contributed by atoms with Crippen molar-refractivity contribution in [1.82, 2.24) is 0 Å². The van der Waals surface area contributed by atoms with E-state index in [4.69, 9.17) is 27.9 Å². The van der Waals surface area contributed by atoms with Crippen molar-refractivity contribution in [2.75, 3.05) is 5.32 Å². The molecule has 1 amide bonds. The lowest BCUT2D eigenvalue weighted by Gasteiger charge is -2.11. The highest BCUT2D eigenvalue weighted by molar-refractivity contribution is 6.36. The van der Waals surface area contributed by atoms with Crippen molar-refractivity contribution < 1.29 is 14.3 Å². The monoisotopic (exact) mass is 385 g/mol. The smallest absolute Gasteiger partial charge is 0.345 e. The lowest BCUT2D eigenvalue weighted by atomic mass is 10.1. The van der Waals surface area contributed by atoms with Gasteiger partial charge in [0.1, 0.15) is 5.75 Å². The summed E-state index contributed by atoms with van der Waals surface area (Å²) in [5.74, 6) is -0.926. The van der Waals surface area contributed by atoms with Crippen molar-refractivity contribution in [3.05, 3.63) is 94.0 Å². The van der Waals surface area contributed by atoms with Crippen LogP contribution in [0.3, 0.4) is 0 Å². The summed E-state index contributed by atoms with van der Waals surface area (Å²) in [4.78, 5) is 24.9. The molecule has 0 spiro atoms. The number of rotatable bonds is 4. The largest absolute Gasteiger partial charge is 0.422 e. The molecule has 3 aromatic carbocycles. The normalized spacial score (nSPS) is 10.2. The van der Waals surface area contributed by atoms with E-state index in [1.165, 1.54) is 18.2 Å². The summed E-state index contributed by atoms with van der Waals surface area (Å²) in [5, 5.41) is 3.34. The second kappa shape index (κ2) is 8.04. The van der Waals surface area contributed by atoms with E-state index in [1.54, 1.807) is 36.4 Å². The average molecular weight is 386 g/mol. The van der Waals surface area contributed by atoms with Gasteiger partial charge >= 0.3 is 5.97 Å². The number of halogens is 2. The number of carbonyl (C=O) groups excluding carboxylic acids is 2. The number of nitrogens with one attached hydrogen (secondary N) is 1. The second-order valence-electron chi connectivity index (χ2n) is 5.33. The fourth-order valence-electron chi connectivity index (χ4n) is 2.27. The molecular formula is C20H13Cl2NO3. The zero-order chi connectivity index (χ0) is 18.5. The maximum Gasteiger partial charge on any atom is 0.345 e. The highest BCUT2D eigenvalue weighted by Crippen LogP contribution is 2.25. The van der Waals surface area contributed by atoms with Gasteiger partial charge in [-0.25, -0.2) is 4.79 Å². The van der Waals surface area contributed by atoms with Crippen molar-refractivity contribution in [3.8, 4) is 5.75 Å². The van der Waals surface area contributed by atoms with Crippen molar-refractivity contribution in [1.29, 1.82) is 0 Å². The number of esters is 1. The predicted octanol–water partition coefficient (Wildman–Crippen LogP) is 5.46. The van der Waals surface area contributed by atoms with Crippen LogP contribution in [0.25, 0.3) is 0 Å². The standard InChI is InChI=1S/C20H13Cl2NO3/c21-13-10-11-15(17(22)12-13)20(25)26-18-9-5-4-8-16(18)19(24)23-14-6-2-1-3-7-14/h1-12H,(H,23,24). The quantitative estimate of drug-likeness (QED) is 0.478. The van der Waals surface area contributed by atoms with Crippen LogP contribution in [-0.4, -0.2) is 11.9 Å². The first kappa shape index (κ1) is 18.0. The third-order valence-electron chi connectivity index (χ3n) is 3.52. The summed E-state index contributed by atoms with van der Waals surface area (Å²) in [6.45, 7) is 0. The molecule has 0 saturated carbocycles. The fourth-order valence-corrected chi connectivity index (χ4v) is 2.76. The van der Waals surface area contributed by atoms with E-state index in [2.05, 4.69) is 5.32 Å². The molecule has 0 aromatic heterocycles. The Balaban J connectivity index is 1.83. The summed E-state index contributed by atoms with van der Waals surface area (Å²) in [5.41, 5.74) is 1.03. The van der Waals surface area contributed by atoms with Gasteiger partial charge in [-0.3, -0.25) is 4.79 Å². The van der Waals surface area contributed by atoms with Gasteiger partial charge in [0.25, 0.3) is 5.91 Å². The second-order valence-corrected chi connectivity index (χ2v) is 6.17. The van der Waals surface area contributed by atoms with E-state index < -0.39 is 5.97 Å². The maximum atomic E-state index is 12.5. The van der Waals surface area contributed by atoms with E-state index in [-0.39, 0.29) is 27.8 Å². The molecule has 0 aliphatic rings. The van der Waals surface area contributed by atoms with Gasteiger partial charge in [-0.05, 0) is 42.5 Å². The Kier molecular flexibility index (Phi) is 5.56. The third-order valence-corrected chi connectivity index (χ3v) is 4.06. The van der Waals surface area contributed by atoms with Gasteiger partial charge in [-0.2, -0.15) is 0 Å². The molecule has 0 fully saturated rings. The van der Waals surface area contributed by atoms with Crippen LogP contribution in [0.5, 0.6) is 5.75 Å². The number of anilines is 1. The van der Waals surface area contributed by atoms with Crippen molar-refractivity contribution in [2.24, 2.45) is 0 Å². The SMILES string of the molecule is O=C(Oc1ccccc1C(=O)Nc1ccccc1)c1ccc(Cl)cc1Cl. The number of carbonyl (C=O) groups is 2. The number of benzene rings is 3. The molecule has 3 rings (SSSR count). The van der Waals surface area contributed by atoms with Crippen LogP contribution in [0, 0.1) is 0 Å². The molecule has 0 bridgehead atoms. The van der Waals surface area contributed by atoms with Crippen LogP contribution < -0.4 is 10.1 Å². The minimum absolute atomic E-state index is 0.136. The average Bonchev–Trinajstić information content (AvgIpc) is 2.62. The van der Waals surface area contributed by atoms with Gasteiger partial charge in [0.2, 0.25) is 0 Å². The predicted molar refractivity (Wildman–Crippen MR) is 102 cm³/mol. The molecule has 0 saturated heterocycles. The first-order chi connectivity index (χ1) is 12.5. The molecule has 0 heterocycles. The van der Waals surface area contributed by atoms with Crippen LogP contribution in [0.2, 0.25) is 10.0 Å². The highest BCUT2D eigenvalue weighted by Gasteiger charge is 2.18. The lowest BCUT2D eigenvalue weighted by molar-refractivity contribution is 0.0733. The molecule has 0 atom stereocenters. The minimum Gasteiger partial charge on any atom is -0.422 e. The summed E-state index contributed by atoms with van der Waals surface area (Å²) in [6.07, 6.45) is 0. The van der Waals surface area contributed by atoms with Gasteiger partial charge in [-0.15, -0.1) is 0 Å². The Morgan fingerprint density at radius 3 is 2.23 bits per heavy atom. The van der Waals surface area contributed by atoms with E-state index >= 15 is 0 Å². The number of hydrogen-bond acceptors (Lipinski definition) is 3. The van der Waals surface area contributed by atoms with Crippen LogP contribution >= 0.6 is 23.2 Å². The summed E-state index contributed by atoms with van der Waals surface area (Å²) >= 11 is 11.9. The van der Waals surface area contributed by atoms with E-state index in [0.29, 0.717) is 10.7 Å². The molecule has 0 aliphatic carbocycles. The molecule has 0 radical (unpaired) electrons. The fraction of sp³-hybridized carbons (Fsp3) is 0. The molecule has 6 heteroatoms. The van der Waals surface area contributed by atoms with Gasteiger partial charge in [-0.1, -0.05) is 53.5 Å². The third kappa shape index (κ3) is 4.23. The Morgan fingerprint density at radius 1 is 0.808 bits per heavy atom. The number of ether oxygens (including phenoxy) is 1. The molecular weight excluding hydrogens is 373 g/mol. The van der Waals surface area contributed by atoms with Crippen molar-refractivity contribution in [3.63, 3.8) is 0 Å². The summed E-state index contributed by atoms with van der Waals surface area (Å²) < 4.78 is 5.38. The van der Waals surface area contributed by atoms with Gasteiger partial charge in [0.15, 0.2) is 0 Å². The van der Waals surface area contributed by atoms with Crippen molar-refractivity contribution in [2.45, 2.75) is 0 Å². The van der Waals surface area contributed by atoms with E-state index in [0.717, 1.165) is 0 Å². The zero-order valence-corrected chi connectivity index (χ0v) is 14.9. The Bertz CT molecular complexity index is 958. The Labute approximate surface area is 160 Å². The van der Waals surface area contributed by atoms with Crippen molar-refractivity contribution >= 4 is 40.8 Å². The minimum atomic E-state index is -0.674. The van der Waals surface area contributed by atoms with Crippen LogP contribution in [0.4, 0.5) is 5.69 Å². The molecule has 26 heavy (non-hydrogen) atoms. The van der Waals surface area contributed by atoms with Crippen LogP contribution in [-0.2, 0) is 0 Å². The molecule has 0 unspecified atom stereocenters. The van der Waals surface area contributed by atoms with Gasteiger partial charge in [0.05, 0.1) is 16.1 Å². The molecule has 1 N–H and O–H groups in total. The Morgan fingerprint density at radius 2 is 1.50 bits per heavy atom. The van der Waals surface area contributed by atoms with E-state index in [1.807, 2.05) is 18.2 Å². The van der Waals surface area contributed by atoms with Gasteiger partial charge < -0.3 is 10.1 Å². The molecule has 130 valence electrons. The highest BCUT2D eigenvalue weighted by atomic mass is 35.5. The molecule has 3 aromatic rings. The number of para-hydroxylation sites is 2. The first-order valence-corrected chi connectivity index (χ1v) is 8.43. The van der Waals surface area contributed by atoms with Crippen LogP contribution in [0.15, 0.2) is 72.8 Å². The summed E-state index contributed by atoms with van der Waals surface area (Å²) in [7, 11) is 0. The lowest BCUT2D eigenvalue weighted by Crippen LogP contribution is -2.16. The maximum absolute atomic E-state index is 12.5. The number of hydrogen-bond donors (Lipinski definition) is 1. The first-order valence-electron chi connectivity index (χ1n) is 7.67. The van der Waals surface area contributed by atoms with Gasteiger partial charge in [0, 0.05) is 10.7 Å². The van der Waals surface area contributed by atoms with E-state index in [9.17, 15) is 9.59 Å². The molecule has 0 aliphatic heterocycles. The number of amides is 1. The molecule has 4 nitrogen and oxygen atoms in total. The topological polar surface area (TPSA) is 55.4 Å². The zero-order valence-electron chi connectivity index (χ0n) is 13.4. The summed E-state index contributed by atoms with van der Waals surface area (Å²) in [6, 6.07) is 19.9. The van der Waals surface area contributed by atoms with Crippen LogP contribution in [0.1, 0.15) is 20.7 Å². The Hall–Kier alpha value is -2.82.